The van der Waals surface area contributed by atoms with Crippen LogP contribution in [0.5, 0.6) is 0 Å². The number of aliphatic imine (C=N–C) groups is 1. The summed E-state index contributed by atoms with van der Waals surface area (Å²) < 4.78 is 20.7. The van der Waals surface area contributed by atoms with Crippen LogP contribution in [0.15, 0.2) is 82.0 Å². The van der Waals surface area contributed by atoms with Crippen molar-refractivity contribution in [1.82, 2.24) is 4.90 Å². The van der Waals surface area contributed by atoms with Crippen molar-refractivity contribution in [3.63, 3.8) is 0 Å². The van der Waals surface area contributed by atoms with Crippen LogP contribution in [0.3, 0.4) is 0 Å². The lowest BCUT2D eigenvalue weighted by molar-refractivity contribution is 0.416. The average molecular weight is 452 g/mol. The smallest absolute Gasteiger partial charge is 0.165 e. The van der Waals surface area contributed by atoms with Gasteiger partial charge in [0.1, 0.15) is 18.2 Å². The second-order valence-corrected chi connectivity index (χ2v) is 9.76. The van der Waals surface area contributed by atoms with Crippen molar-refractivity contribution < 1.29 is 8.81 Å². The summed E-state index contributed by atoms with van der Waals surface area (Å²) in [6.45, 7) is 3.24. The zero-order valence-electron chi connectivity index (χ0n) is 16.9. The third-order valence-corrected chi connectivity index (χ3v) is 6.76. The van der Waals surface area contributed by atoms with Crippen molar-refractivity contribution in [2.45, 2.75) is 6.54 Å². The first-order valence-electron chi connectivity index (χ1n) is 9.87. The maximum atomic E-state index is 14.6. The Balaban J connectivity index is 1.40. The summed E-state index contributed by atoms with van der Waals surface area (Å²) in [7, 11) is -0.134. The minimum atomic E-state index is -0.441. The quantitative estimate of drug-likeness (QED) is 0.395. The predicted molar refractivity (Wildman–Crippen MR) is 127 cm³/mol. The van der Waals surface area contributed by atoms with Crippen LogP contribution in [0, 0.1) is 5.82 Å². The molecule has 0 atom stereocenters. The molecule has 0 aliphatic carbocycles. The number of nitrogens with zero attached hydrogens (tertiary/aromatic N) is 3. The molecule has 7 heteroatoms. The Morgan fingerprint density at radius 3 is 2.77 bits per heavy atom. The molecule has 156 valence electrons. The third-order valence-electron chi connectivity index (χ3n) is 5.26. The number of halogens is 2. The van der Waals surface area contributed by atoms with Gasteiger partial charge in [0, 0.05) is 29.7 Å². The minimum absolute atomic E-state index is 0.0993. The Morgan fingerprint density at radius 2 is 1.94 bits per heavy atom. The van der Waals surface area contributed by atoms with Gasteiger partial charge in [-0.25, -0.2) is 4.39 Å². The second-order valence-electron chi connectivity index (χ2n) is 7.43. The van der Waals surface area contributed by atoms with Gasteiger partial charge in [-0.1, -0.05) is 25.6 Å². The van der Waals surface area contributed by atoms with Gasteiger partial charge in [-0.2, -0.15) is 0 Å². The number of hydrogen-bond acceptors (Lipinski definition) is 4. The first kappa shape index (κ1) is 20.0. The fourth-order valence-electron chi connectivity index (χ4n) is 3.65. The summed E-state index contributed by atoms with van der Waals surface area (Å²) in [4.78, 5) is 8.35. The predicted octanol–water partition coefficient (Wildman–Crippen LogP) is 7.14. The lowest BCUT2D eigenvalue weighted by atomic mass is 10.0. The van der Waals surface area contributed by atoms with Crippen molar-refractivity contribution in [3.8, 4) is 11.3 Å². The van der Waals surface area contributed by atoms with Gasteiger partial charge in [-0.15, -0.1) is 0 Å². The average Bonchev–Trinajstić information content (AvgIpc) is 3.25. The molecule has 1 aromatic heterocycles. The third kappa shape index (κ3) is 4.04. The highest BCUT2D eigenvalue weighted by Gasteiger charge is 2.21. The topological polar surface area (TPSA) is 32.0 Å². The van der Waals surface area contributed by atoms with Gasteiger partial charge in [0.2, 0.25) is 0 Å². The van der Waals surface area contributed by atoms with Gasteiger partial charge >= 0.3 is 0 Å². The summed E-state index contributed by atoms with van der Waals surface area (Å²) >= 11 is 5.98. The largest absolute Gasteiger partial charge is 0.459 e. The first-order valence-corrected chi connectivity index (χ1v) is 12.2. The molecule has 0 saturated heterocycles. The fraction of sp³-hybridized carbons (Fsp3) is 0.125. The molecule has 0 N–H and O–H groups in total. The van der Waals surface area contributed by atoms with Gasteiger partial charge in [0.15, 0.2) is 5.82 Å². The van der Waals surface area contributed by atoms with Gasteiger partial charge in [-0.3, -0.25) is 4.99 Å². The Bertz CT molecular complexity index is 1210. The van der Waals surface area contributed by atoms with E-state index in [1.165, 1.54) is 0 Å². The number of furan rings is 1. The fourth-order valence-corrected chi connectivity index (χ4v) is 4.68. The van der Waals surface area contributed by atoms with Gasteiger partial charge < -0.3 is 14.2 Å². The molecule has 0 amide bonds. The van der Waals surface area contributed by atoms with Crippen molar-refractivity contribution in [2.75, 3.05) is 18.2 Å². The highest BCUT2D eigenvalue weighted by molar-refractivity contribution is 7.63. The Labute approximate surface area is 186 Å². The molecule has 2 aliphatic heterocycles. The molecule has 0 radical (unpaired) electrons. The van der Waals surface area contributed by atoms with Crippen LogP contribution in [-0.4, -0.2) is 24.4 Å². The lowest BCUT2D eigenvalue weighted by Gasteiger charge is -2.28. The van der Waals surface area contributed by atoms with E-state index < -0.39 is 5.82 Å². The zero-order chi connectivity index (χ0) is 21.4. The molecular formula is C24H20ClFN3OP. The maximum absolute atomic E-state index is 14.6. The molecule has 3 heterocycles. The molecule has 0 spiro atoms. The molecule has 2 aliphatic rings. The highest BCUT2D eigenvalue weighted by atomic mass is 35.5. The number of benzene rings is 2. The molecule has 0 unspecified atom stereocenters. The molecule has 4 nitrogen and oxygen atoms in total. The van der Waals surface area contributed by atoms with E-state index in [9.17, 15) is 4.39 Å². The van der Waals surface area contributed by atoms with Crippen molar-refractivity contribution in [2.24, 2.45) is 4.99 Å². The second kappa shape index (κ2) is 8.33. The van der Waals surface area contributed by atoms with E-state index in [2.05, 4.69) is 40.6 Å². The van der Waals surface area contributed by atoms with Gasteiger partial charge in [0.05, 0.1) is 22.9 Å². The normalized spacial score (nSPS) is 15.6. The standard InChI is InChI=1S/C24H20ClFN3OP/c1-31-11-9-28(10-12-31)15-19-6-8-23(30-19)17-5-7-21-18(13-17)14-27-16-29(21)22-4-2-3-20(25)24(22)26/h2-14H,15-16H2,1H3. The Morgan fingerprint density at radius 1 is 1.10 bits per heavy atom. The Hall–Kier alpha value is -2.88. The zero-order valence-corrected chi connectivity index (χ0v) is 18.5. The van der Waals surface area contributed by atoms with Gasteiger partial charge in [-0.05, 0) is 60.8 Å². The number of anilines is 2. The maximum Gasteiger partial charge on any atom is 0.165 e. The van der Waals surface area contributed by atoms with Crippen molar-refractivity contribution >= 4 is 37.1 Å². The van der Waals surface area contributed by atoms with Crippen LogP contribution < -0.4 is 4.90 Å². The Kier molecular flexibility index (Phi) is 5.39. The number of hydrogen-bond donors (Lipinski definition) is 0. The van der Waals surface area contributed by atoms with E-state index in [1.807, 2.05) is 41.4 Å². The summed E-state index contributed by atoms with van der Waals surface area (Å²) in [6.07, 6.45) is 6.02. The molecule has 2 aromatic carbocycles. The van der Waals surface area contributed by atoms with E-state index >= 15 is 0 Å². The summed E-state index contributed by atoms with van der Waals surface area (Å²) in [5.41, 5.74) is 3.15. The molecule has 31 heavy (non-hydrogen) atoms. The van der Waals surface area contributed by atoms with Gasteiger partial charge in [0.25, 0.3) is 0 Å². The van der Waals surface area contributed by atoms with Crippen molar-refractivity contribution in [3.05, 3.63) is 94.7 Å². The van der Waals surface area contributed by atoms with Crippen LogP contribution in [0.25, 0.3) is 11.3 Å². The minimum Gasteiger partial charge on any atom is -0.459 e. The van der Waals surface area contributed by atoms with Crippen LogP contribution in [0.1, 0.15) is 11.3 Å². The van der Waals surface area contributed by atoms with Crippen LogP contribution in [0.4, 0.5) is 15.8 Å². The molecule has 5 rings (SSSR count). The van der Waals surface area contributed by atoms with Crippen LogP contribution >= 0.6 is 19.5 Å². The SMILES string of the molecule is CP1C=CN(Cc2ccc(-c3ccc4c(c3)C=NCN4c3cccc(Cl)c3F)o2)C=C1. The highest BCUT2D eigenvalue weighted by Crippen LogP contribution is 2.38. The number of rotatable bonds is 4. The van der Waals surface area contributed by atoms with Crippen LogP contribution in [0.2, 0.25) is 5.02 Å². The summed E-state index contributed by atoms with van der Waals surface area (Å²) in [5, 5.41) is 0.0993. The first-order chi connectivity index (χ1) is 15.1. The lowest BCUT2D eigenvalue weighted by Crippen LogP contribution is -2.23. The van der Waals surface area contributed by atoms with E-state index in [0.29, 0.717) is 18.9 Å². The van der Waals surface area contributed by atoms with Crippen molar-refractivity contribution in [1.29, 1.82) is 0 Å². The number of fused-ring (bicyclic) bond motifs is 1. The van der Waals surface area contributed by atoms with E-state index in [0.717, 1.165) is 28.3 Å². The molecule has 0 fully saturated rings. The van der Waals surface area contributed by atoms with E-state index in [-0.39, 0.29) is 12.9 Å². The van der Waals surface area contributed by atoms with E-state index in [1.54, 1.807) is 18.2 Å². The monoisotopic (exact) mass is 451 g/mol. The molecular weight excluding hydrogens is 432 g/mol. The summed E-state index contributed by atoms with van der Waals surface area (Å²) in [5.74, 6) is 5.68. The molecule has 0 saturated carbocycles. The van der Waals surface area contributed by atoms with Crippen LogP contribution in [-0.2, 0) is 6.54 Å². The molecule has 3 aromatic rings. The molecule has 0 bridgehead atoms. The van der Waals surface area contributed by atoms with E-state index in [4.69, 9.17) is 16.0 Å². The summed E-state index contributed by atoms with van der Waals surface area (Å²) in [6, 6.07) is 15.0.